The highest BCUT2D eigenvalue weighted by Crippen LogP contribution is 2.22. The van der Waals surface area contributed by atoms with Crippen molar-refractivity contribution in [3.63, 3.8) is 0 Å². The number of nitrogens with zero attached hydrogens (tertiary/aromatic N) is 8. The average molecular weight is 555 g/mol. The fourth-order valence-electron chi connectivity index (χ4n) is 3.54. The highest BCUT2D eigenvalue weighted by atomic mass is 32.1. The van der Waals surface area contributed by atoms with Gasteiger partial charge in [-0.15, -0.1) is 0 Å². The van der Waals surface area contributed by atoms with Crippen LogP contribution in [0.1, 0.15) is 26.8 Å². The lowest BCUT2D eigenvalue weighted by molar-refractivity contribution is 0.0941. The van der Waals surface area contributed by atoms with Gasteiger partial charge in [-0.25, -0.2) is 24.3 Å². The maximum atomic E-state index is 14.9. The summed E-state index contributed by atoms with van der Waals surface area (Å²) in [5.74, 6) is -0.239. The Morgan fingerprint density at radius 1 is 1.05 bits per heavy atom. The molecule has 0 saturated heterocycles. The minimum Gasteiger partial charge on any atom is -0.481 e. The number of hydrogen-bond donors (Lipinski definition) is 2. The molecule has 40 heavy (non-hydrogen) atoms. The van der Waals surface area contributed by atoms with Gasteiger partial charge in [-0.05, 0) is 42.2 Å². The number of pyridine rings is 3. The number of hydrogen-bond acceptors (Lipinski definition) is 12. The number of nitrogens with one attached hydrogen (secondary N) is 2. The number of amides is 1. The fraction of sp³-hybridized carbons (Fsp3) is 0.115. The zero-order valence-electron chi connectivity index (χ0n) is 21.1. The molecule has 0 aliphatic carbocycles. The van der Waals surface area contributed by atoms with Crippen LogP contribution in [0.3, 0.4) is 0 Å². The van der Waals surface area contributed by atoms with E-state index in [0.29, 0.717) is 23.1 Å². The SMILES string of the molecule is COc1ccc(-c2ccc(CNC(=O)c3ncc(-c4nc(C)cc(Nc5nsc(C#N)n5)n4)cc3F)cn2)cn1. The van der Waals surface area contributed by atoms with Crippen molar-refractivity contribution in [1.29, 1.82) is 5.26 Å². The molecule has 0 spiro atoms. The summed E-state index contributed by atoms with van der Waals surface area (Å²) in [6, 6.07) is 11.9. The van der Waals surface area contributed by atoms with E-state index in [-0.39, 0.29) is 34.6 Å². The van der Waals surface area contributed by atoms with Crippen molar-refractivity contribution in [3.8, 4) is 34.6 Å². The number of halogens is 1. The second kappa shape index (κ2) is 11.5. The normalized spacial score (nSPS) is 10.6. The lowest BCUT2D eigenvalue weighted by Crippen LogP contribution is -2.25. The van der Waals surface area contributed by atoms with Gasteiger partial charge in [0.2, 0.25) is 16.8 Å². The molecule has 5 heterocycles. The standard InChI is InChI=1S/C26H19FN10O2S/c1-14-7-20(35-26-36-22(9-28)40-37-26)34-24(33-14)17-8-18(27)23(31-13-17)25(38)32-11-15-3-5-19(29-10-15)16-4-6-21(39-2)30-12-16/h3-8,10,12-13H,11H2,1-2H3,(H,32,38)(H,33,34,35,37). The predicted molar refractivity (Wildman–Crippen MR) is 143 cm³/mol. The summed E-state index contributed by atoms with van der Waals surface area (Å²) in [6.45, 7) is 1.87. The fourth-order valence-corrected chi connectivity index (χ4v) is 3.97. The van der Waals surface area contributed by atoms with Gasteiger partial charge in [0.15, 0.2) is 17.3 Å². The van der Waals surface area contributed by atoms with Gasteiger partial charge in [0.25, 0.3) is 5.91 Å². The first kappa shape index (κ1) is 26.2. The summed E-state index contributed by atoms with van der Waals surface area (Å²) < 4.78 is 24.0. The molecular weight excluding hydrogens is 535 g/mol. The van der Waals surface area contributed by atoms with Gasteiger partial charge in [0.1, 0.15) is 11.9 Å². The van der Waals surface area contributed by atoms with Gasteiger partial charge >= 0.3 is 0 Å². The van der Waals surface area contributed by atoms with E-state index in [1.807, 2.05) is 18.2 Å². The lowest BCUT2D eigenvalue weighted by Gasteiger charge is -2.09. The zero-order valence-corrected chi connectivity index (χ0v) is 21.9. The lowest BCUT2D eigenvalue weighted by atomic mass is 10.1. The largest absolute Gasteiger partial charge is 0.481 e. The first-order valence-electron chi connectivity index (χ1n) is 11.7. The van der Waals surface area contributed by atoms with Crippen LogP contribution < -0.4 is 15.4 Å². The maximum absolute atomic E-state index is 14.9. The third-order valence-electron chi connectivity index (χ3n) is 5.45. The third kappa shape index (κ3) is 6.00. The molecule has 0 bridgehead atoms. The van der Waals surface area contributed by atoms with E-state index < -0.39 is 11.7 Å². The molecule has 0 aliphatic rings. The van der Waals surface area contributed by atoms with Gasteiger partial charge in [-0.3, -0.25) is 9.78 Å². The van der Waals surface area contributed by atoms with Crippen molar-refractivity contribution in [2.75, 3.05) is 12.4 Å². The van der Waals surface area contributed by atoms with Gasteiger partial charge in [-0.2, -0.15) is 14.6 Å². The molecular formula is C26H19FN10O2S. The van der Waals surface area contributed by atoms with Gasteiger partial charge < -0.3 is 15.4 Å². The summed E-state index contributed by atoms with van der Waals surface area (Å²) in [6.07, 6.45) is 4.60. The average Bonchev–Trinajstić information content (AvgIpc) is 3.43. The first-order valence-corrected chi connectivity index (χ1v) is 12.4. The monoisotopic (exact) mass is 554 g/mol. The molecule has 1 amide bonds. The number of carbonyl (C=O) groups excluding carboxylic acids is 1. The van der Waals surface area contributed by atoms with Crippen molar-refractivity contribution in [2.45, 2.75) is 13.5 Å². The Kier molecular flexibility index (Phi) is 7.56. The zero-order chi connectivity index (χ0) is 28.1. The van der Waals surface area contributed by atoms with E-state index in [2.05, 4.69) is 44.9 Å². The van der Waals surface area contributed by atoms with E-state index in [1.54, 1.807) is 44.6 Å². The summed E-state index contributed by atoms with van der Waals surface area (Å²) in [4.78, 5) is 37.9. The molecule has 0 atom stereocenters. The number of aryl methyl sites for hydroxylation is 1. The number of ether oxygens (including phenoxy) is 1. The van der Waals surface area contributed by atoms with Crippen LogP contribution in [0.5, 0.6) is 5.88 Å². The Morgan fingerprint density at radius 2 is 1.90 bits per heavy atom. The Morgan fingerprint density at radius 3 is 2.58 bits per heavy atom. The van der Waals surface area contributed by atoms with Crippen LogP contribution in [0.4, 0.5) is 16.2 Å². The molecule has 0 radical (unpaired) electrons. The Balaban J connectivity index is 1.25. The second-order valence-electron chi connectivity index (χ2n) is 8.26. The topological polar surface area (TPSA) is 164 Å². The predicted octanol–water partition coefficient (Wildman–Crippen LogP) is 3.85. The number of rotatable bonds is 8. The molecule has 198 valence electrons. The van der Waals surface area contributed by atoms with Crippen molar-refractivity contribution in [3.05, 3.63) is 82.8 Å². The number of anilines is 2. The molecule has 5 rings (SSSR count). The molecule has 0 unspecified atom stereocenters. The van der Waals surface area contributed by atoms with Crippen molar-refractivity contribution < 1.29 is 13.9 Å². The van der Waals surface area contributed by atoms with Crippen LogP contribution in [0.15, 0.2) is 55.0 Å². The van der Waals surface area contributed by atoms with Crippen molar-refractivity contribution >= 4 is 29.2 Å². The van der Waals surface area contributed by atoms with Crippen LogP contribution in [-0.2, 0) is 6.54 Å². The van der Waals surface area contributed by atoms with Crippen LogP contribution in [0.25, 0.3) is 22.6 Å². The first-order chi connectivity index (χ1) is 19.4. The Labute approximate surface area is 231 Å². The van der Waals surface area contributed by atoms with Gasteiger partial charge in [0, 0.05) is 54.1 Å². The number of nitriles is 1. The van der Waals surface area contributed by atoms with Crippen molar-refractivity contribution in [2.24, 2.45) is 0 Å². The van der Waals surface area contributed by atoms with Crippen molar-refractivity contribution in [1.82, 2.24) is 39.6 Å². The van der Waals surface area contributed by atoms with Crippen LogP contribution in [0, 0.1) is 24.1 Å². The van der Waals surface area contributed by atoms with E-state index >= 15 is 0 Å². The minimum atomic E-state index is -0.824. The van der Waals surface area contributed by atoms with Gasteiger partial charge in [-0.1, -0.05) is 6.07 Å². The van der Waals surface area contributed by atoms with E-state index in [1.165, 1.54) is 6.20 Å². The van der Waals surface area contributed by atoms with Crippen LogP contribution >= 0.6 is 11.5 Å². The maximum Gasteiger partial charge on any atom is 0.273 e. The molecule has 5 aromatic heterocycles. The quantitative estimate of drug-likeness (QED) is 0.286. The number of methoxy groups -OCH3 is 1. The van der Waals surface area contributed by atoms with E-state index in [0.717, 1.165) is 28.7 Å². The Hall–Kier alpha value is -5.42. The van der Waals surface area contributed by atoms with E-state index in [4.69, 9.17) is 10.00 Å². The summed E-state index contributed by atoms with van der Waals surface area (Å²) >= 11 is 0.948. The summed E-state index contributed by atoms with van der Waals surface area (Å²) in [5.41, 5.74) is 2.75. The molecule has 2 N–H and O–H groups in total. The van der Waals surface area contributed by atoms with Gasteiger partial charge in [0.05, 0.1) is 12.8 Å². The molecule has 0 aromatic carbocycles. The second-order valence-corrected chi connectivity index (χ2v) is 9.01. The molecule has 0 fully saturated rings. The molecule has 12 nitrogen and oxygen atoms in total. The summed E-state index contributed by atoms with van der Waals surface area (Å²) in [7, 11) is 1.54. The smallest absolute Gasteiger partial charge is 0.273 e. The Bertz CT molecular complexity index is 1720. The molecule has 0 aliphatic heterocycles. The molecule has 0 saturated carbocycles. The molecule has 14 heteroatoms. The van der Waals surface area contributed by atoms with Crippen LogP contribution in [-0.4, -0.2) is 47.3 Å². The number of carbonyl (C=O) groups is 1. The van der Waals surface area contributed by atoms with E-state index in [9.17, 15) is 9.18 Å². The third-order valence-corrected chi connectivity index (χ3v) is 6.07. The minimum absolute atomic E-state index is 0.129. The number of aromatic nitrogens is 7. The summed E-state index contributed by atoms with van der Waals surface area (Å²) in [5, 5.41) is 14.7. The highest BCUT2D eigenvalue weighted by molar-refractivity contribution is 7.06. The molecule has 5 aromatic rings. The highest BCUT2D eigenvalue weighted by Gasteiger charge is 2.17. The van der Waals surface area contributed by atoms with Crippen LogP contribution in [0.2, 0.25) is 0 Å².